The second-order valence-electron chi connectivity index (χ2n) is 2.59. The van der Waals surface area contributed by atoms with Crippen molar-refractivity contribution < 1.29 is 38.6 Å². The Kier molecular flexibility index (Phi) is 5.05. The molecule has 1 aromatic carbocycles. The van der Waals surface area contributed by atoms with E-state index in [1.54, 1.807) is 0 Å². The van der Waals surface area contributed by atoms with E-state index in [1.807, 2.05) is 0 Å². The van der Waals surface area contributed by atoms with E-state index >= 15 is 0 Å². The fraction of sp³-hybridized carbons (Fsp3) is 0.100. The van der Waals surface area contributed by atoms with Crippen molar-refractivity contribution in [1.82, 2.24) is 0 Å². The Bertz CT molecular complexity index is 281. The maximum atomic E-state index is 3.99. The number of hydrogen-bond donors (Lipinski definition) is 0. The van der Waals surface area contributed by atoms with Crippen molar-refractivity contribution >= 4 is 6.08 Å². The van der Waals surface area contributed by atoms with Crippen LogP contribution in [0.1, 0.15) is 17.0 Å². The normalized spacial score (nSPS) is 17.6. The molecule has 0 aliphatic heterocycles. The van der Waals surface area contributed by atoms with Crippen molar-refractivity contribution in [2.75, 3.05) is 0 Å². The van der Waals surface area contributed by atoms with Gasteiger partial charge in [-0.15, -0.1) is 12.0 Å². The molecular formula is C10H9ClZr. The molecule has 0 heterocycles. The van der Waals surface area contributed by atoms with Crippen molar-refractivity contribution in [1.29, 1.82) is 0 Å². The van der Waals surface area contributed by atoms with Crippen LogP contribution >= 0.6 is 0 Å². The van der Waals surface area contributed by atoms with Crippen molar-refractivity contribution in [3.63, 3.8) is 0 Å². The van der Waals surface area contributed by atoms with E-state index in [0.717, 1.165) is 0 Å². The molecule has 0 aromatic heterocycles. The summed E-state index contributed by atoms with van der Waals surface area (Å²) in [4.78, 5) is 0. The zero-order valence-corrected chi connectivity index (χ0v) is 9.84. The molecule has 1 aliphatic rings. The van der Waals surface area contributed by atoms with E-state index < -0.39 is 0 Å². The van der Waals surface area contributed by atoms with Gasteiger partial charge in [-0.05, 0) is 5.56 Å². The van der Waals surface area contributed by atoms with E-state index in [0.29, 0.717) is 5.92 Å². The summed E-state index contributed by atoms with van der Waals surface area (Å²) in [7, 11) is 0. The minimum atomic E-state index is 0. The van der Waals surface area contributed by atoms with E-state index in [2.05, 4.69) is 43.3 Å². The van der Waals surface area contributed by atoms with Crippen LogP contribution in [0.3, 0.4) is 0 Å². The fourth-order valence-corrected chi connectivity index (χ4v) is 1.32. The first-order valence-corrected chi connectivity index (χ1v) is 3.48. The number of halogens is 1. The molecule has 0 radical (unpaired) electrons. The van der Waals surface area contributed by atoms with Crippen LogP contribution in [0.4, 0.5) is 0 Å². The Morgan fingerprint density at radius 1 is 1.17 bits per heavy atom. The third kappa shape index (κ3) is 2.09. The van der Waals surface area contributed by atoms with Gasteiger partial charge in [0.2, 0.25) is 0 Å². The molecule has 0 fully saturated rings. The summed E-state index contributed by atoms with van der Waals surface area (Å²) in [5.41, 5.74) is 2.67. The Hall–Kier alpha value is 0.133. The Balaban J connectivity index is 0.000000605. The molecule has 0 spiro atoms. The van der Waals surface area contributed by atoms with Crippen molar-refractivity contribution in [2.45, 2.75) is 5.92 Å². The van der Waals surface area contributed by atoms with Crippen LogP contribution in [-0.4, -0.2) is 0 Å². The van der Waals surface area contributed by atoms with Gasteiger partial charge in [-0.1, -0.05) is 35.9 Å². The van der Waals surface area contributed by atoms with Gasteiger partial charge < -0.3 is 19.3 Å². The van der Waals surface area contributed by atoms with Crippen LogP contribution in [0.5, 0.6) is 0 Å². The Morgan fingerprint density at radius 2 is 1.83 bits per heavy atom. The van der Waals surface area contributed by atoms with Gasteiger partial charge in [-0.25, -0.2) is 0 Å². The molecule has 2 rings (SSSR count). The average Bonchev–Trinajstić information content (AvgIpc) is 2.34. The standard InChI is InChI=1S/C10H9.ClH.Zr/c1-8-6-7-9-4-2-3-5-10(8)9;;/h2-8H,1H2;1H;/q-1;;+2/p-1. The van der Waals surface area contributed by atoms with Gasteiger partial charge in [0.05, 0.1) is 0 Å². The first-order valence-electron chi connectivity index (χ1n) is 3.48. The molecule has 0 saturated carbocycles. The minimum absolute atomic E-state index is 0. The van der Waals surface area contributed by atoms with Crippen LogP contribution in [0, 0.1) is 6.92 Å². The predicted molar refractivity (Wildman–Crippen MR) is 43.6 cm³/mol. The van der Waals surface area contributed by atoms with E-state index in [-0.39, 0.29) is 38.6 Å². The van der Waals surface area contributed by atoms with Gasteiger partial charge in [0, 0.05) is 0 Å². The molecule has 12 heavy (non-hydrogen) atoms. The van der Waals surface area contributed by atoms with Crippen molar-refractivity contribution in [3.05, 3.63) is 48.4 Å². The Labute approximate surface area is 98.6 Å². The molecule has 0 saturated heterocycles. The summed E-state index contributed by atoms with van der Waals surface area (Å²) in [5.74, 6) is 0.371. The molecule has 1 aliphatic carbocycles. The summed E-state index contributed by atoms with van der Waals surface area (Å²) in [6.45, 7) is 3.99. The van der Waals surface area contributed by atoms with Crippen LogP contribution in [0.2, 0.25) is 0 Å². The van der Waals surface area contributed by atoms with Gasteiger partial charge in [0.25, 0.3) is 0 Å². The monoisotopic (exact) mass is 254 g/mol. The van der Waals surface area contributed by atoms with E-state index in [1.165, 1.54) is 11.1 Å². The third-order valence-corrected chi connectivity index (χ3v) is 1.90. The maximum Gasteiger partial charge on any atom is 2.00 e. The molecule has 0 amide bonds. The number of rotatable bonds is 0. The van der Waals surface area contributed by atoms with E-state index in [4.69, 9.17) is 0 Å². The summed E-state index contributed by atoms with van der Waals surface area (Å²) in [6, 6.07) is 8.37. The number of fused-ring (bicyclic) bond motifs is 1. The minimum Gasteiger partial charge on any atom is -1.00 e. The molecule has 0 nitrogen and oxygen atoms in total. The Morgan fingerprint density at radius 3 is 2.50 bits per heavy atom. The predicted octanol–water partition coefficient (Wildman–Crippen LogP) is -0.367. The van der Waals surface area contributed by atoms with Crippen LogP contribution < -0.4 is 12.4 Å². The van der Waals surface area contributed by atoms with Crippen LogP contribution in [-0.2, 0) is 26.2 Å². The molecular weight excluding hydrogens is 247 g/mol. The first kappa shape index (κ1) is 12.1. The van der Waals surface area contributed by atoms with Crippen LogP contribution in [0.25, 0.3) is 6.08 Å². The van der Waals surface area contributed by atoms with Gasteiger partial charge in [-0.2, -0.15) is 0 Å². The molecule has 60 valence electrons. The van der Waals surface area contributed by atoms with Crippen molar-refractivity contribution in [3.8, 4) is 0 Å². The SMILES string of the molecule is [CH2-]C1C=Cc2ccccc21.[Cl-].[Zr+2]. The smallest absolute Gasteiger partial charge is 1.00 e. The molecule has 1 aromatic rings. The molecule has 1 unspecified atom stereocenters. The number of allylic oxidation sites excluding steroid dienone is 1. The zero-order valence-electron chi connectivity index (χ0n) is 6.63. The van der Waals surface area contributed by atoms with Gasteiger partial charge >= 0.3 is 26.2 Å². The van der Waals surface area contributed by atoms with Gasteiger partial charge in [0.15, 0.2) is 0 Å². The zero-order chi connectivity index (χ0) is 6.97. The molecule has 2 heteroatoms. The van der Waals surface area contributed by atoms with Crippen LogP contribution in [0.15, 0.2) is 30.3 Å². The first-order chi connectivity index (χ1) is 4.88. The molecule has 0 bridgehead atoms. The van der Waals surface area contributed by atoms with Gasteiger partial charge in [-0.3, -0.25) is 0 Å². The second-order valence-corrected chi connectivity index (χ2v) is 2.59. The summed E-state index contributed by atoms with van der Waals surface area (Å²) in [5, 5.41) is 0. The third-order valence-electron chi connectivity index (χ3n) is 1.90. The average molecular weight is 256 g/mol. The second kappa shape index (κ2) is 4.99. The van der Waals surface area contributed by atoms with Crippen molar-refractivity contribution in [2.24, 2.45) is 0 Å². The summed E-state index contributed by atoms with van der Waals surface area (Å²) >= 11 is 0. The van der Waals surface area contributed by atoms with Gasteiger partial charge in [0.1, 0.15) is 0 Å². The topological polar surface area (TPSA) is 0 Å². The number of hydrogen-bond acceptors (Lipinski definition) is 0. The quantitative estimate of drug-likeness (QED) is 0.556. The van der Waals surface area contributed by atoms with E-state index in [9.17, 15) is 0 Å². The maximum absolute atomic E-state index is 3.99. The fourth-order valence-electron chi connectivity index (χ4n) is 1.32. The molecule has 1 atom stereocenters. The number of benzene rings is 1. The summed E-state index contributed by atoms with van der Waals surface area (Å²) < 4.78 is 0. The largest absolute Gasteiger partial charge is 2.00 e. The molecule has 0 N–H and O–H groups in total. The summed E-state index contributed by atoms with van der Waals surface area (Å²) in [6.07, 6.45) is 4.26.